The standard InChI is InChI=1S/C15H10ClN3O3/c16-11-5-6-18-13(7-11)15(21)22-9-14(20)19-12-4-2-1-3-10(12)8-17/h1-7H,9H2,(H,19,20). The van der Waals surface area contributed by atoms with E-state index in [1.165, 1.54) is 18.3 Å². The molecule has 0 spiro atoms. The molecule has 1 heterocycles. The Morgan fingerprint density at radius 3 is 2.82 bits per heavy atom. The molecule has 2 rings (SSSR count). The third-order valence-electron chi connectivity index (χ3n) is 2.59. The predicted octanol–water partition coefficient (Wildman–Crippen LogP) is 2.40. The summed E-state index contributed by atoms with van der Waals surface area (Å²) < 4.78 is 4.84. The van der Waals surface area contributed by atoms with Gasteiger partial charge in [0, 0.05) is 11.2 Å². The molecule has 0 atom stereocenters. The SMILES string of the molecule is N#Cc1ccccc1NC(=O)COC(=O)c1cc(Cl)ccn1. The first-order valence-electron chi connectivity index (χ1n) is 6.18. The fraction of sp³-hybridized carbons (Fsp3) is 0.0667. The van der Waals surface area contributed by atoms with Crippen LogP contribution in [-0.4, -0.2) is 23.5 Å². The summed E-state index contributed by atoms with van der Waals surface area (Å²) in [4.78, 5) is 27.2. The van der Waals surface area contributed by atoms with Crippen molar-refractivity contribution in [2.45, 2.75) is 0 Å². The molecule has 1 aromatic carbocycles. The smallest absolute Gasteiger partial charge is 0.357 e. The zero-order chi connectivity index (χ0) is 15.9. The molecule has 1 aromatic heterocycles. The summed E-state index contributed by atoms with van der Waals surface area (Å²) in [5.74, 6) is -1.32. The highest BCUT2D eigenvalue weighted by molar-refractivity contribution is 6.30. The fourth-order valence-corrected chi connectivity index (χ4v) is 1.76. The van der Waals surface area contributed by atoms with Crippen LogP contribution in [0.5, 0.6) is 0 Å². The first-order valence-corrected chi connectivity index (χ1v) is 6.55. The van der Waals surface area contributed by atoms with E-state index in [2.05, 4.69) is 10.3 Å². The number of rotatable bonds is 4. The number of halogens is 1. The second-order valence-electron chi connectivity index (χ2n) is 4.14. The van der Waals surface area contributed by atoms with Gasteiger partial charge in [0.25, 0.3) is 5.91 Å². The Balaban J connectivity index is 1.93. The number of ether oxygens (including phenoxy) is 1. The lowest BCUT2D eigenvalue weighted by Crippen LogP contribution is -2.21. The van der Waals surface area contributed by atoms with E-state index in [1.54, 1.807) is 24.3 Å². The molecule has 0 aliphatic heterocycles. The predicted molar refractivity (Wildman–Crippen MR) is 79.3 cm³/mol. The minimum absolute atomic E-state index is 0.0118. The van der Waals surface area contributed by atoms with Crippen LogP contribution in [0.25, 0.3) is 0 Å². The summed E-state index contributed by atoms with van der Waals surface area (Å²) in [7, 11) is 0. The molecule has 1 amide bonds. The van der Waals surface area contributed by atoms with E-state index < -0.39 is 18.5 Å². The maximum Gasteiger partial charge on any atom is 0.357 e. The number of hydrogen-bond acceptors (Lipinski definition) is 5. The molecule has 2 aromatic rings. The molecule has 6 nitrogen and oxygen atoms in total. The van der Waals surface area contributed by atoms with Crippen molar-refractivity contribution in [2.24, 2.45) is 0 Å². The van der Waals surface area contributed by atoms with Crippen molar-refractivity contribution >= 4 is 29.2 Å². The Morgan fingerprint density at radius 1 is 1.32 bits per heavy atom. The van der Waals surface area contributed by atoms with E-state index in [9.17, 15) is 9.59 Å². The van der Waals surface area contributed by atoms with Gasteiger partial charge in [0.15, 0.2) is 6.61 Å². The Hall–Kier alpha value is -2.91. The van der Waals surface area contributed by atoms with Crippen LogP contribution in [0.3, 0.4) is 0 Å². The topological polar surface area (TPSA) is 92.1 Å². The van der Waals surface area contributed by atoms with Crippen molar-refractivity contribution in [1.29, 1.82) is 5.26 Å². The zero-order valence-corrected chi connectivity index (χ0v) is 12.0. The number of esters is 1. The molecular formula is C15H10ClN3O3. The normalized spacial score (nSPS) is 9.64. The number of carbonyl (C=O) groups excluding carboxylic acids is 2. The Kier molecular flexibility index (Phi) is 5.07. The molecule has 0 aliphatic carbocycles. The number of nitrogens with zero attached hydrogens (tertiary/aromatic N) is 2. The lowest BCUT2D eigenvalue weighted by molar-refractivity contribution is -0.119. The molecule has 0 fully saturated rings. The number of benzene rings is 1. The molecule has 0 saturated carbocycles. The summed E-state index contributed by atoms with van der Waals surface area (Å²) in [6, 6.07) is 11.3. The second-order valence-corrected chi connectivity index (χ2v) is 4.58. The van der Waals surface area contributed by atoms with Crippen molar-refractivity contribution in [3.05, 3.63) is 58.9 Å². The van der Waals surface area contributed by atoms with Gasteiger partial charge < -0.3 is 10.1 Å². The van der Waals surface area contributed by atoms with E-state index in [0.717, 1.165) is 0 Å². The van der Waals surface area contributed by atoms with Gasteiger partial charge >= 0.3 is 5.97 Å². The van der Waals surface area contributed by atoms with Crippen LogP contribution >= 0.6 is 11.6 Å². The number of aromatic nitrogens is 1. The van der Waals surface area contributed by atoms with E-state index in [4.69, 9.17) is 21.6 Å². The first kappa shape index (κ1) is 15.5. The molecule has 0 unspecified atom stereocenters. The Labute approximate surface area is 131 Å². The van der Waals surface area contributed by atoms with Crippen molar-refractivity contribution in [2.75, 3.05) is 11.9 Å². The monoisotopic (exact) mass is 315 g/mol. The molecule has 22 heavy (non-hydrogen) atoms. The van der Waals surface area contributed by atoms with E-state index in [0.29, 0.717) is 16.3 Å². The second kappa shape index (κ2) is 7.20. The summed E-state index contributed by atoms with van der Waals surface area (Å²) in [5, 5.41) is 11.8. The molecule has 7 heteroatoms. The number of amides is 1. The van der Waals surface area contributed by atoms with E-state index >= 15 is 0 Å². The van der Waals surface area contributed by atoms with Gasteiger partial charge in [-0.1, -0.05) is 23.7 Å². The Bertz CT molecular complexity index is 756. The molecular weight excluding hydrogens is 306 g/mol. The van der Waals surface area contributed by atoms with Crippen LogP contribution in [0.4, 0.5) is 5.69 Å². The van der Waals surface area contributed by atoms with Crippen LogP contribution in [0.1, 0.15) is 16.1 Å². The lowest BCUT2D eigenvalue weighted by Gasteiger charge is -2.07. The van der Waals surface area contributed by atoms with Gasteiger partial charge in [-0.05, 0) is 24.3 Å². The molecule has 0 aliphatic rings. The van der Waals surface area contributed by atoms with Crippen LogP contribution < -0.4 is 5.32 Å². The first-order chi connectivity index (χ1) is 10.6. The zero-order valence-electron chi connectivity index (χ0n) is 11.2. The summed E-state index contributed by atoms with van der Waals surface area (Å²) in [6.45, 7) is -0.493. The number of hydrogen-bond donors (Lipinski definition) is 1. The number of nitriles is 1. The third kappa shape index (κ3) is 4.04. The summed E-state index contributed by atoms with van der Waals surface area (Å²) in [5.41, 5.74) is 0.684. The Morgan fingerprint density at radius 2 is 2.09 bits per heavy atom. The third-order valence-corrected chi connectivity index (χ3v) is 2.82. The maximum atomic E-state index is 11.7. The van der Waals surface area contributed by atoms with Crippen LogP contribution in [0, 0.1) is 11.3 Å². The highest BCUT2D eigenvalue weighted by Crippen LogP contribution is 2.13. The largest absolute Gasteiger partial charge is 0.451 e. The number of anilines is 1. The van der Waals surface area contributed by atoms with Crippen molar-refractivity contribution in [3.63, 3.8) is 0 Å². The average molecular weight is 316 g/mol. The molecule has 1 N–H and O–H groups in total. The number of carbonyl (C=O) groups is 2. The van der Waals surface area contributed by atoms with Gasteiger partial charge in [0.05, 0.1) is 11.3 Å². The quantitative estimate of drug-likeness (QED) is 0.875. The van der Waals surface area contributed by atoms with Crippen LogP contribution in [0.15, 0.2) is 42.6 Å². The molecule has 0 radical (unpaired) electrons. The highest BCUT2D eigenvalue weighted by Gasteiger charge is 2.13. The maximum absolute atomic E-state index is 11.7. The minimum atomic E-state index is -0.758. The number of para-hydroxylation sites is 1. The fourth-order valence-electron chi connectivity index (χ4n) is 1.60. The molecule has 0 bridgehead atoms. The van der Waals surface area contributed by atoms with Crippen LogP contribution in [-0.2, 0) is 9.53 Å². The van der Waals surface area contributed by atoms with Crippen LogP contribution in [0.2, 0.25) is 5.02 Å². The van der Waals surface area contributed by atoms with Gasteiger partial charge in [0.1, 0.15) is 11.8 Å². The summed E-state index contributed by atoms with van der Waals surface area (Å²) >= 11 is 5.73. The van der Waals surface area contributed by atoms with Gasteiger partial charge in [-0.2, -0.15) is 5.26 Å². The minimum Gasteiger partial charge on any atom is -0.451 e. The van der Waals surface area contributed by atoms with Gasteiger partial charge in [-0.15, -0.1) is 0 Å². The average Bonchev–Trinajstić information content (AvgIpc) is 2.53. The van der Waals surface area contributed by atoms with Crippen molar-refractivity contribution < 1.29 is 14.3 Å². The molecule has 0 saturated heterocycles. The van der Waals surface area contributed by atoms with Gasteiger partial charge in [0.2, 0.25) is 0 Å². The lowest BCUT2D eigenvalue weighted by atomic mass is 10.2. The van der Waals surface area contributed by atoms with Crippen molar-refractivity contribution in [3.8, 4) is 6.07 Å². The number of pyridine rings is 1. The van der Waals surface area contributed by atoms with Gasteiger partial charge in [-0.3, -0.25) is 4.79 Å². The van der Waals surface area contributed by atoms with E-state index in [-0.39, 0.29) is 5.69 Å². The van der Waals surface area contributed by atoms with E-state index in [1.807, 2.05) is 6.07 Å². The highest BCUT2D eigenvalue weighted by atomic mass is 35.5. The molecule has 110 valence electrons. The number of nitrogens with one attached hydrogen (secondary N) is 1. The van der Waals surface area contributed by atoms with Crippen molar-refractivity contribution in [1.82, 2.24) is 4.98 Å². The summed E-state index contributed by atoms with van der Waals surface area (Å²) in [6.07, 6.45) is 1.36. The van der Waals surface area contributed by atoms with Gasteiger partial charge in [-0.25, -0.2) is 9.78 Å².